The molecule has 0 amide bonds. The Hall–Kier alpha value is -1.15. The van der Waals surface area contributed by atoms with Gasteiger partial charge in [-0.2, -0.15) is 18.2 Å². The van der Waals surface area contributed by atoms with Gasteiger partial charge in [-0.3, -0.25) is 0 Å². The van der Waals surface area contributed by atoms with E-state index in [9.17, 15) is 13.2 Å². The predicted molar refractivity (Wildman–Crippen MR) is 40.9 cm³/mol. The van der Waals surface area contributed by atoms with Gasteiger partial charge in [0.05, 0.1) is 6.61 Å². The number of halogens is 3. The van der Waals surface area contributed by atoms with E-state index in [1.165, 1.54) is 0 Å². The van der Waals surface area contributed by atoms with Crippen LogP contribution >= 0.6 is 0 Å². The van der Waals surface area contributed by atoms with E-state index >= 15 is 0 Å². The van der Waals surface area contributed by atoms with E-state index < -0.39 is 18.1 Å². The Labute approximate surface area is 82.6 Å². The molecule has 0 saturated carbocycles. The largest absolute Gasteiger partial charge is 0.455 e. The molecule has 5 nitrogen and oxygen atoms in total. The van der Waals surface area contributed by atoms with Crippen molar-refractivity contribution in [1.82, 2.24) is 15.5 Å². The molecule has 0 radical (unpaired) electrons. The lowest BCUT2D eigenvalue weighted by Gasteiger charge is -2.19. The zero-order valence-electron chi connectivity index (χ0n) is 7.54. The molecule has 0 aliphatic carbocycles. The van der Waals surface area contributed by atoms with Crippen LogP contribution in [0.2, 0.25) is 0 Å². The minimum absolute atomic E-state index is 0.144. The van der Waals surface area contributed by atoms with E-state index in [4.69, 9.17) is 4.74 Å². The summed E-state index contributed by atoms with van der Waals surface area (Å²) in [5.74, 6) is -1.42. The summed E-state index contributed by atoms with van der Waals surface area (Å²) in [4.78, 5) is 3.24. The Balaban J connectivity index is 2.12. The van der Waals surface area contributed by atoms with Crippen LogP contribution in [-0.4, -0.2) is 29.8 Å². The summed E-state index contributed by atoms with van der Waals surface area (Å²) in [6, 6.07) is 0. The third-order valence-electron chi connectivity index (χ3n) is 1.90. The molecule has 15 heavy (non-hydrogen) atoms. The first-order valence-corrected chi connectivity index (χ1v) is 4.30. The molecule has 1 saturated heterocycles. The standard InChI is InChI=1S/C7H8F3N3O2/c8-7(9,10)6-12-5(15-13-6)4-3-11-1-2-14-4/h4,11H,1-3H2. The number of hydrogen-bond donors (Lipinski definition) is 1. The zero-order valence-corrected chi connectivity index (χ0v) is 7.54. The average Bonchev–Trinajstić information content (AvgIpc) is 2.67. The molecule has 0 spiro atoms. The van der Waals surface area contributed by atoms with Gasteiger partial charge < -0.3 is 14.6 Å². The van der Waals surface area contributed by atoms with Crippen LogP contribution < -0.4 is 5.32 Å². The molecule has 1 aliphatic heterocycles. The fraction of sp³-hybridized carbons (Fsp3) is 0.714. The maximum atomic E-state index is 12.1. The molecule has 2 heterocycles. The number of aromatic nitrogens is 2. The summed E-state index contributed by atoms with van der Waals surface area (Å²) in [5.41, 5.74) is 0. The van der Waals surface area contributed by atoms with Gasteiger partial charge in [0.1, 0.15) is 6.10 Å². The Morgan fingerprint density at radius 3 is 2.73 bits per heavy atom. The Bertz CT molecular complexity index is 332. The molecule has 1 N–H and O–H groups in total. The Morgan fingerprint density at radius 1 is 1.40 bits per heavy atom. The fourth-order valence-corrected chi connectivity index (χ4v) is 1.21. The molecule has 1 aliphatic rings. The van der Waals surface area contributed by atoms with Crippen LogP contribution in [0.1, 0.15) is 17.8 Å². The van der Waals surface area contributed by atoms with Gasteiger partial charge in [-0.05, 0) is 0 Å². The number of morpholine rings is 1. The smallest absolute Gasteiger partial charge is 0.366 e. The van der Waals surface area contributed by atoms with Crippen molar-refractivity contribution in [2.24, 2.45) is 0 Å². The first kappa shape index (κ1) is 10.4. The van der Waals surface area contributed by atoms with Crippen LogP contribution in [0.5, 0.6) is 0 Å². The van der Waals surface area contributed by atoms with E-state index in [1.54, 1.807) is 0 Å². The highest BCUT2D eigenvalue weighted by Gasteiger charge is 2.38. The van der Waals surface area contributed by atoms with Gasteiger partial charge in [0.15, 0.2) is 0 Å². The molecule has 1 unspecified atom stereocenters. The first-order chi connectivity index (χ1) is 7.07. The van der Waals surface area contributed by atoms with E-state index in [1.807, 2.05) is 0 Å². The van der Waals surface area contributed by atoms with Crippen molar-refractivity contribution in [1.29, 1.82) is 0 Å². The maximum Gasteiger partial charge on any atom is 0.455 e. The van der Waals surface area contributed by atoms with Crippen molar-refractivity contribution in [3.05, 3.63) is 11.7 Å². The van der Waals surface area contributed by atoms with Crippen LogP contribution in [0, 0.1) is 0 Å². The molecule has 0 bridgehead atoms. The molecular formula is C7H8F3N3O2. The predicted octanol–water partition coefficient (Wildman–Crippen LogP) is 0.749. The van der Waals surface area contributed by atoms with Crippen LogP contribution in [0.25, 0.3) is 0 Å². The van der Waals surface area contributed by atoms with E-state index in [-0.39, 0.29) is 5.89 Å². The topological polar surface area (TPSA) is 60.2 Å². The molecule has 0 aromatic carbocycles. The van der Waals surface area contributed by atoms with E-state index in [2.05, 4.69) is 20.0 Å². The summed E-state index contributed by atoms with van der Waals surface area (Å²) in [7, 11) is 0. The number of rotatable bonds is 1. The third-order valence-corrected chi connectivity index (χ3v) is 1.90. The number of nitrogens with one attached hydrogen (secondary N) is 1. The highest BCUT2D eigenvalue weighted by Crippen LogP contribution is 2.28. The molecular weight excluding hydrogens is 215 g/mol. The fourth-order valence-electron chi connectivity index (χ4n) is 1.21. The summed E-state index contributed by atoms with van der Waals surface area (Å²) in [5, 5.41) is 5.79. The van der Waals surface area contributed by atoms with Crippen LogP contribution in [0.4, 0.5) is 13.2 Å². The van der Waals surface area contributed by atoms with Crippen molar-refractivity contribution < 1.29 is 22.4 Å². The lowest BCUT2D eigenvalue weighted by atomic mass is 10.3. The highest BCUT2D eigenvalue weighted by molar-refractivity contribution is 4.95. The highest BCUT2D eigenvalue weighted by atomic mass is 19.4. The minimum atomic E-state index is -4.58. The van der Waals surface area contributed by atoms with Gasteiger partial charge in [0.25, 0.3) is 11.7 Å². The molecule has 84 valence electrons. The van der Waals surface area contributed by atoms with Crippen molar-refractivity contribution in [2.45, 2.75) is 12.3 Å². The van der Waals surface area contributed by atoms with Crippen molar-refractivity contribution in [3.8, 4) is 0 Å². The Kier molecular flexibility index (Phi) is 2.61. The van der Waals surface area contributed by atoms with E-state index in [0.717, 1.165) is 0 Å². The number of hydrogen-bond acceptors (Lipinski definition) is 5. The number of ether oxygens (including phenoxy) is 1. The number of alkyl halides is 3. The third kappa shape index (κ3) is 2.26. The summed E-state index contributed by atoms with van der Waals surface area (Å²) in [6.45, 7) is 1.45. The quantitative estimate of drug-likeness (QED) is 0.761. The second kappa shape index (κ2) is 3.78. The lowest BCUT2D eigenvalue weighted by Crippen LogP contribution is -2.33. The van der Waals surface area contributed by atoms with Gasteiger partial charge in [-0.15, -0.1) is 0 Å². The normalized spacial score (nSPS) is 23.0. The van der Waals surface area contributed by atoms with Crippen molar-refractivity contribution >= 4 is 0 Å². The van der Waals surface area contributed by atoms with Crippen molar-refractivity contribution in [2.75, 3.05) is 19.7 Å². The SMILES string of the molecule is FC(F)(F)c1noc(C2CNCCO2)n1. The molecule has 1 fully saturated rings. The molecule has 8 heteroatoms. The minimum Gasteiger partial charge on any atom is -0.366 e. The second-order valence-corrected chi connectivity index (χ2v) is 3.02. The van der Waals surface area contributed by atoms with Gasteiger partial charge >= 0.3 is 6.18 Å². The average molecular weight is 223 g/mol. The summed E-state index contributed by atoms with van der Waals surface area (Å²) >= 11 is 0. The molecule has 1 atom stereocenters. The summed E-state index contributed by atoms with van der Waals surface area (Å²) < 4.78 is 46.0. The van der Waals surface area contributed by atoms with Crippen LogP contribution in [0.15, 0.2) is 4.52 Å². The lowest BCUT2D eigenvalue weighted by molar-refractivity contribution is -0.146. The van der Waals surface area contributed by atoms with Gasteiger partial charge in [-0.1, -0.05) is 5.16 Å². The zero-order chi connectivity index (χ0) is 10.9. The van der Waals surface area contributed by atoms with E-state index in [0.29, 0.717) is 19.7 Å². The van der Waals surface area contributed by atoms with Crippen molar-refractivity contribution in [3.63, 3.8) is 0 Å². The monoisotopic (exact) mass is 223 g/mol. The molecule has 2 rings (SSSR count). The molecule has 1 aromatic rings. The second-order valence-electron chi connectivity index (χ2n) is 3.02. The van der Waals surface area contributed by atoms with Crippen LogP contribution in [0.3, 0.4) is 0 Å². The number of nitrogens with zero attached hydrogens (tertiary/aromatic N) is 2. The first-order valence-electron chi connectivity index (χ1n) is 4.30. The molecule has 1 aromatic heterocycles. The Morgan fingerprint density at radius 2 is 2.20 bits per heavy atom. The van der Waals surface area contributed by atoms with Gasteiger partial charge in [0.2, 0.25) is 0 Å². The maximum absolute atomic E-state index is 12.1. The van der Waals surface area contributed by atoms with Gasteiger partial charge in [0, 0.05) is 13.1 Å². The summed E-state index contributed by atoms with van der Waals surface area (Å²) in [6.07, 6.45) is -5.17. The van der Waals surface area contributed by atoms with Crippen LogP contribution in [-0.2, 0) is 10.9 Å². The van der Waals surface area contributed by atoms with Gasteiger partial charge in [-0.25, -0.2) is 0 Å².